The average molecular weight is 531 g/mol. The first-order valence-corrected chi connectivity index (χ1v) is 12.5. The van der Waals surface area contributed by atoms with Crippen LogP contribution in [-0.4, -0.2) is 51.4 Å². The van der Waals surface area contributed by atoms with Crippen LogP contribution in [0.1, 0.15) is 24.5 Å². The Balaban J connectivity index is 1.41. The second-order valence-corrected chi connectivity index (χ2v) is 8.77. The van der Waals surface area contributed by atoms with Crippen molar-refractivity contribution < 1.29 is 42.8 Å². The van der Waals surface area contributed by atoms with E-state index < -0.39 is 17.9 Å². The Morgan fingerprint density at radius 1 is 0.718 bits per heavy atom. The molecule has 3 aromatic rings. The molecule has 9 nitrogen and oxygen atoms in total. The van der Waals surface area contributed by atoms with Crippen LogP contribution in [0.3, 0.4) is 0 Å². The fourth-order valence-electron chi connectivity index (χ4n) is 4.27. The molecule has 0 radical (unpaired) electrons. The third-order valence-electron chi connectivity index (χ3n) is 6.10. The van der Waals surface area contributed by atoms with Gasteiger partial charge < -0.3 is 28.4 Å². The number of hydrogen-bond acceptors (Lipinski definition) is 9. The third-order valence-corrected chi connectivity index (χ3v) is 6.10. The molecule has 0 atom stereocenters. The van der Waals surface area contributed by atoms with Crippen molar-refractivity contribution in [2.75, 3.05) is 33.5 Å². The zero-order valence-electron chi connectivity index (χ0n) is 21.5. The maximum Gasteiger partial charge on any atom is 0.344 e. The van der Waals surface area contributed by atoms with Crippen LogP contribution in [0.4, 0.5) is 0 Å². The van der Waals surface area contributed by atoms with Gasteiger partial charge in [0, 0.05) is 17.5 Å². The van der Waals surface area contributed by atoms with Crippen molar-refractivity contribution in [1.82, 2.24) is 0 Å². The molecular weight excluding hydrogens is 504 g/mol. The predicted octanol–water partition coefficient (Wildman–Crippen LogP) is 2.28. The zero-order valence-corrected chi connectivity index (χ0v) is 21.5. The maximum absolute atomic E-state index is 12.8. The topological polar surface area (TPSA) is 107 Å². The summed E-state index contributed by atoms with van der Waals surface area (Å²) in [5.41, 5.74) is 1.99. The fourth-order valence-corrected chi connectivity index (χ4v) is 4.27. The van der Waals surface area contributed by atoms with E-state index in [-0.39, 0.29) is 13.2 Å². The van der Waals surface area contributed by atoms with Gasteiger partial charge in [-0.1, -0.05) is 31.2 Å². The summed E-state index contributed by atoms with van der Waals surface area (Å²) in [5.74, 6) is 0.324. The number of carbonyl (C=O) groups is 3. The van der Waals surface area contributed by atoms with Crippen LogP contribution in [0.25, 0.3) is 11.1 Å². The van der Waals surface area contributed by atoms with Crippen LogP contribution in [0, 0.1) is 0 Å². The van der Waals surface area contributed by atoms with E-state index in [0.717, 1.165) is 6.42 Å². The lowest BCUT2D eigenvalue weighted by atomic mass is 10.0. The molecule has 3 aromatic carbocycles. The highest BCUT2D eigenvalue weighted by molar-refractivity contribution is 6.21. The Morgan fingerprint density at radius 2 is 1.23 bits per heavy atom. The summed E-state index contributed by atoms with van der Waals surface area (Å²) in [7, 11) is 1.52. The Morgan fingerprint density at radius 3 is 1.72 bits per heavy atom. The molecule has 0 saturated carbocycles. The number of rotatable bonds is 11. The SMILES string of the molecule is CCCOc1ccc(C2=c3cc4c(cc3OC2=O)=C(c2ccc(OCC(=O)OCCOC)cc2)C(=O)O4)cc1. The number of carbonyl (C=O) groups excluding carboxylic acids is 3. The quantitative estimate of drug-likeness (QED) is 0.210. The van der Waals surface area contributed by atoms with Gasteiger partial charge in [-0.05, 0) is 53.9 Å². The smallest absolute Gasteiger partial charge is 0.344 e. The summed E-state index contributed by atoms with van der Waals surface area (Å²) < 4.78 is 32.0. The molecule has 5 rings (SSSR count). The van der Waals surface area contributed by atoms with Crippen molar-refractivity contribution >= 4 is 29.1 Å². The number of hydrogen-bond donors (Lipinski definition) is 0. The van der Waals surface area contributed by atoms with Gasteiger partial charge in [-0.15, -0.1) is 0 Å². The first kappa shape index (κ1) is 26.0. The molecule has 0 saturated heterocycles. The number of fused-ring (bicyclic) bond motifs is 2. The second-order valence-electron chi connectivity index (χ2n) is 8.77. The number of esters is 3. The van der Waals surface area contributed by atoms with Gasteiger partial charge in [0.15, 0.2) is 6.61 Å². The molecule has 0 N–H and O–H groups in total. The van der Waals surface area contributed by atoms with Crippen molar-refractivity contribution in [1.29, 1.82) is 0 Å². The molecule has 0 aliphatic carbocycles. The highest BCUT2D eigenvalue weighted by Crippen LogP contribution is 2.28. The van der Waals surface area contributed by atoms with E-state index in [1.807, 2.05) is 6.92 Å². The minimum atomic E-state index is -0.519. The monoisotopic (exact) mass is 530 g/mol. The minimum absolute atomic E-state index is 0.149. The molecular formula is C30H26O9. The summed E-state index contributed by atoms with van der Waals surface area (Å²) >= 11 is 0. The summed E-state index contributed by atoms with van der Waals surface area (Å²) in [6.07, 6.45) is 0.895. The predicted molar refractivity (Wildman–Crippen MR) is 139 cm³/mol. The number of ether oxygens (including phenoxy) is 6. The van der Waals surface area contributed by atoms with Gasteiger partial charge in [0.1, 0.15) is 29.6 Å². The van der Waals surface area contributed by atoms with E-state index in [4.69, 9.17) is 28.4 Å². The highest BCUT2D eigenvalue weighted by Gasteiger charge is 2.30. The summed E-state index contributed by atoms with van der Waals surface area (Å²) in [6, 6.07) is 17.2. The van der Waals surface area contributed by atoms with Crippen LogP contribution in [0.2, 0.25) is 0 Å². The third kappa shape index (κ3) is 5.49. The van der Waals surface area contributed by atoms with E-state index in [2.05, 4.69) is 0 Å². The molecule has 9 heteroatoms. The van der Waals surface area contributed by atoms with Gasteiger partial charge >= 0.3 is 17.9 Å². The summed E-state index contributed by atoms with van der Waals surface area (Å²) in [4.78, 5) is 37.3. The molecule has 200 valence electrons. The van der Waals surface area contributed by atoms with Crippen LogP contribution in [0.5, 0.6) is 23.0 Å². The second kappa shape index (κ2) is 11.4. The molecule has 0 aromatic heterocycles. The molecule has 0 unspecified atom stereocenters. The zero-order chi connectivity index (χ0) is 27.4. The largest absolute Gasteiger partial charge is 0.494 e. The number of benzene rings is 3. The molecule has 0 fully saturated rings. The number of methoxy groups -OCH3 is 1. The van der Waals surface area contributed by atoms with Crippen LogP contribution in [-0.2, 0) is 23.9 Å². The average Bonchev–Trinajstić information content (AvgIpc) is 3.43. The van der Waals surface area contributed by atoms with Gasteiger partial charge in [0.25, 0.3) is 0 Å². The van der Waals surface area contributed by atoms with Gasteiger partial charge in [-0.2, -0.15) is 0 Å². The first-order chi connectivity index (χ1) is 19.0. The first-order valence-electron chi connectivity index (χ1n) is 12.5. The highest BCUT2D eigenvalue weighted by atomic mass is 16.6. The normalized spacial score (nSPS) is 13.5. The van der Waals surface area contributed by atoms with Crippen molar-refractivity contribution in [2.45, 2.75) is 13.3 Å². The van der Waals surface area contributed by atoms with E-state index in [0.29, 0.717) is 68.9 Å². The van der Waals surface area contributed by atoms with Crippen LogP contribution < -0.4 is 29.4 Å². The Hall–Kier alpha value is -4.63. The lowest BCUT2D eigenvalue weighted by molar-refractivity contribution is -0.147. The summed E-state index contributed by atoms with van der Waals surface area (Å²) in [5, 5.41) is 1.07. The van der Waals surface area contributed by atoms with Gasteiger partial charge in [0.05, 0.1) is 24.4 Å². The maximum atomic E-state index is 12.8. The summed E-state index contributed by atoms with van der Waals surface area (Å²) in [6.45, 7) is 2.84. The van der Waals surface area contributed by atoms with Crippen LogP contribution in [0.15, 0.2) is 60.7 Å². The molecule has 0 spiro atoms. The standard InChI is InChI=1S/C30H26O9/c1-3-12-35-20-8-4-18(5-9-20)27-22-15-25-23(16-24(22)38-29(27)32)28(30(33)39-25)19-6-10-21(11-7-19)37-17-26(31)36-14-13-34-2/h4-11,15-16H,3,12-14,17H2,1-2H3. The van der Waals surface area contributed by atoms with Crippen LogP contribution >= 0.6 is 0 Å². The molecule has 2 aliphatic rings. The van der Waals surface area contributed by atoms with Crippen molar-refractivity contribution in [2.24, 2.45) is 0 Å². The molecule has 2 aliphatic heterocycles. The van der Waals surface area contributed by atoms with E-state index >= 15 is 0 Å². The molecule has 0 bridgehead atoms. The van der Waals surface area contributed by atoms with Gasteiger partial charge in [-0.3, -0.25) is 0 Å². The van der Waals surface area contributed by atoms with Crippen molar-refractivity contribution in [3.63, 3.8) is 0 Å². The van der Waals surface area contributed by atoms with E-state index in [1.165, 1.54) is 7.11 Å². The lowest BCUT2D eigenvalue weighted by Crippen LogP contribution is -2.17. The van der Waals surface area contributed by atoms with Crippen molar-refractivity contribution in [3.05, 3.63) is 82.2 Å². The van der Waals surface area contributed by atoms with Crippen molar-refractivity contribution in [3.8, 4) is 23.0 Å². The molecule has 39 heavy (non-hydrogen) atoms. The minimum Gasteiger partial charge on any atom is -0.494 e. The van der Waals surface area contributed by atoms with E-state index in [9.17, 15) is 14.4 Å². The lowest BCUT2D eigenvalue weighted by Gasteiger charge is -2.07. The Kier molecular flexibility index (Phi) is 7.60. The fraction of sp³-hybridized carbons (Fsp3) is 0.233. The Bertz CT molecular complexity index is 1540. The van der Waals surface area contributed by atoms with E-state index in [1.54, 1.807) is 60.7 Å². The molecule has 0 amide bonds. The molecule has 2 heterocycles. The van der Waals surface area contributed by atoms with Gasteiger partial charge in [0.2, 0.25) is 0 Å². The van der Waals surface area contributed by atoms with Gasteiger partial charge in [-0.25, -0.2) is 14.4 Å². The Labute approximate surface area is 224 Å².